The van der Waals surface area contributed by atoms with Gasteiger partial charge in [0.15, 0.2) is 0 Å². The second kappa shape index (κ2) is 28.3. The molecule has 3 heteroatoms. The van der Waals surface area contributed by atoms with Gasteiger partial charge in [-0.15, -0.1) is 0 Å². The fourth-order valence-electron chi connectivity index (χ4n) is 3.75. The van der Waals surface area contributed by atoms with Crippen LogP contribution in [-0.2, 0) is 9.53 Å². The predicted molar refractivity (Wildman–Crippen MR) is 132 cm³/mol. The molecule has 0 N–H and O–H groups in total. The fourth-order valence-corrected chi connectivity index (χ4v) is 3.75. The van der Waals surface area contributed by atoms with E-state index in [2.05, 4.69) is 13.8 Å². The molecule has 29 heavy (non-hydrogen) atoms. The van der Waals surface area contributed by atoms with Crippen molar-refractivity contribution in [3.05, 3.63) is 0 Å². The zero-order valence-corrected chi connectivity index (χ0v) is 24.3. The number of ether oxygens (including phenoxy) is 1. The molecule has 0 atom stereocenters. The second-order valence-corrected chi connectivity index (χ2v) is 8.69. The van der Waals surface area contributed by atoms with E-state index in [1.807, 2.05) is 0 Å². The first kappa shape index (κ1) is 31.5. The summed E-state index contributed by atoms with van der Waals surface area (Å²) in [6, 6.07) is 0. The number of rotatable bonds is 23. The topological polar surface area (TPSA) is 26.3 Å². The van der Waals surface area contributed by atoms with Gasteiger partial charge in [-0.3, -0.25) is 4.79 Å². The minimum atomic E-state index is 0. The van der Waals surface area contributed by atoms with Crippen LogP contribution < -0.4 is 0 Å². The van der Waals surface area contributed by atoms with Crippen molar-refractivity contribution in [1.29, 1.82) is 0 Å². The Morgan fingerprint density at radius 1 is 0.483 bits per heavy atom. The van der Waals surface area contributed by atoms with Crippen molar-refractivity contribution in [2.24, 2.45) is 0 Å². The summed E-state index contributed by atoms with van der Waals surface area (Å²) in [5.74, 6) is 0.000392. The Morgan fingerprint density at radius 2 is 0.793 bits per heavy atom. The van der Waals surface area contributed by atoms with Gasteiger partial charge in [-0.1, -0.05) is 136 Å². The van der Waals surface area contributed by atoms with Crippen LogP contribution >= 0.6 is 0 Å². The molecule has 174 valence electrons. The summed E-state index contributed by atoms with van der Waals surface area (Å²) in [5, 5.41) is 0. The van der Waals surface area contributed by atoms with Gasteiger partial charge in [0.2, 0.25) is 0 Å². The van der Waals surface area contributed by atoms with Crippen LogP contribution in [0.5, 0.6) is 0 Å². The summed E-state index contributed by atoms with van der Waals surface area (Å²) < 4.78 is 5.18. The second-order valence-electron chi connectivity index (χ2n) is 8.69. The monoisotopic (exact) mass is 518 g/mol. The van der Waals surface area contributed by atoms with E-state index < -0.39 is 0 Å². The molecule has 0 aliphatic rings. The summed E-state index contributed by atoms with van der Waals surface area (Å²) in [6.07, 6.45) is 29.0. The fraction of sp³-hybridized carbons (Fsp3) is 0.962. The van der Waals surface area contributed by atoms with Gasteiger partial charge in [-0.05, 0) is 12.8 Å². The average Bonchev–Trinajstić information content (AvgIpc) is 2.70. The molecule has 2 nitrogen and oxygen atoms in total. The molecule has 0 spiro atoms. The van der Waals surface area contributed by atoms with Crippen LogP contribution in [0.3, 0.4) is 0 Å². The van der Waals surface area contributed by atoms with Gasteiger partial charge >= 0.3 is 29.9 Å². The maximum absolute atomic E-state index is 11.5. The SMILES string of the molecule is CCCCCCCCCCCCCCCCCCCCCC(=O)OCCCC.[SnH2]. The molecule has 0 saturated carbocycles. The van der Waals surface area contributed by atoms with E-state index in [1.165, 1.54) is 116 Å². The van der Waals surface area contributed by atoms with Crippen LogP contribution in [-0.4, -0.2) is 36.5 Å². The van der Waals surface area contributed by atoms with Crippen LogP contribution in [0.25, 0.3) is 0 Å². The molecule has 0 saturated heterocycles. The van der Waals surface area contributed by atoms with Crippen molar-refractivity contribution in [2.75, 3.05) is 6.61 Å². The van der Waals surface area contributed by atoms with Crippen LogP contribution in [0, 0.1) is 0 Å². The average molecular weight is 517 g/mol. The molecule has 0 aromatic rings. The van der Waals surface area contributed by atoms with Gasteiger partial charge in [-0.25, -0.2) is 0 Å². The van der Waals surface area contributed by atoms with E-state index in [9.17, 15) is 4.79 Å². The van der Waals surface area contributed by atoms with Crippen molar-refractivity contribution in [2.45, 2.75) is 155 Å². The Labute approximate surface area is 200 Å². The molecule has 0 heterocycles. The number of hydrogen-bond acceptors (Lipinski definition) is 2. The normalized spacial score (nSPS) is 10.7. The molecule has 0 bridgehead atoms. The third-order valence-electron chi connectivity index (χ3n) is 5.75. The van der Waals surface area contributed by atoms with Gasteiger partial charge in [0.25, 0.3) is 0 Å². The number of unbranched alkanes of at least 4 members (excludes halogenated alkanes) is 19. The summed E-state index contributed by atoms with van der Waals surface area (Å²) in [5.41, 5.74) is 0. The quantitative estimate of drug-likeness (QED) is 0.0775. The van der Waals surface area contributed by atoms with Crippen LogP contribution in [0.4, 0.5) is 0 Å². The number of carbonyl (C=O) groups is 1. The van der Waals surface area contributed by atoms with Gasteiger partial charge in [0.05, 0.1) is 6.61 Å². The molecule has 0 rings (SSSR count). The Morgan fingerprint density at radius 3 is 1.14 bits per heavy atom. The van der Waals surface area contributed by atoms with E-state index in [1.54, 1.807) is 0 Å². The first-order valence-corrected chi connectivity index (χ1v) is 13.0. The molecule has 0 amide bonds. The number of hydrogen-bond donors (Lipinski definition) is 0. The third-order valence-corrected chi connectivity index (χ3v) is 5.75. The molecule has 2 radical (unpaired) electrons. The van der Waals surface area contributed by atoms with E-state index >= 15 is 0 Å². The number of esters is 1. The summed E-state index contributed by atoms with van der Waals surface area (Å²) in [7, 11) is 0. The molecule has 0 aromatic heterocycles. The van der Waals surface area contributed by atoms with E-state index in [-0.39, 0.29) is 29.9 Å². The first-order chi connectivity index (χ1) is 13.8. The van der Waals surface area contributed by atoms with Crippen molar-refractivity contribution >= 4 is 29.9 Å². The zero-order chi connectivity index (χ0) is 20.5. The summed E-state index contributed by atoms with van der Waals surface area (Å²) >= 11 is 0. The third kappa shape index (κ3) is 28.3. The molecular weight excluding hydrogens is 463 g/mol. The predicted octanol–water partition coefficient (Wildman–Crippen LogP) is 8.24. The van der Waals surface area contributed by atoms with Gasteiger partial charge in [0, 0.05) is 6.42 Å². The van der Waals surface area contributed by atoms with E-state index in [4.69, 9.17) is 4.74 Å². The molecule has 0 fully saturated rings. The van der Waals surface area contributed by atoms with Gasteiger partial charge < -0.3 is 4.74 Å². The van der Waals surface area contributed by atoms with Crippen molar-refractivity contribution in [1.82, 2.24) is 0 Å². The molecule has 0 aromatic carbocycles. The Hall–Kier alpha value is 0.269. The summed E-state index contributed by atoms with van der Waals surface area (Å²) in [6.45, 7) is 5.01. The minimum absolute atomic E-state index is 0. The van der Waals surface area contributed by atoms with Gasteiger partial charge in [0.1, 0.15) is 0 Å². The molecule has 0 unspecified atom stereocenters. The molecular formula is C26H54O2Sn. The Kier molecular flexibility index (Phi) is 30.7. The molecule has 0 aliphatic carbocycles. The standard InChI is InChI=1S/C26H52O2.Sn.2H/c1-3-5-7-8-9-10-11-12-13-14-15-16-17-18-19-20-21-22-23-24-26(27)28-25-6-4-2;;;/h3-25H2,1-2H3;;;. The van der Waals surface area contributed by atoms with Crippen LogP contribution in [0.2, 0.25) is 0 Å². The Balaban J connectivity index is 0. The van der Waals surface area contributed by atoms with Crippen LogP contribution in [0.1, 0.15) is 155 Å². The van der Waals surface area contributed by atoms with Crippen LogP contribution in [0.15, 0.2) is 0 Å². The number of carbonyl (C=O) groups excluding carboxylic acids is 1. The van der Waals surface area contributed by atoms with Crippen molar-refractivity contribution in [3.63, 3.8) is 0 Å². The maximum atomic E-state index is 11.5. The van der Waals surface area contributed by atoms with E-state index in [0.717, 1.165) is 19.3 Å². The van der Waals surface area contributed by atoms with E-state index in [0.29, 0.717) is 13.0 Å². The Bertz CT molecular complexity index is 307. The molecule has 0 aliphatic heterocycles. The first-order valence-electron chi connectivity index (χ1n) is 13.0. The van der Waals surface area contributed by atoms with Crippen molar-refractivity contribution < 1.29 is 9.53 Å². The van der Waals surface area contributed by atoms with Crippen molar-refractivity contribution in [3.8, 4) is 0 Å². The summed E-state index contributed by atoms with van der Waals surface area (Å²) in [4.78, 5) is 11.5. The van der Waals surface area contributed by atoms with Gasteiger partial charge in [-0.2, -0.15) is 0 Å². The zero-order valence-electron chi connectivity index (χ0n) is 20.3.